The number of hydrogen-bond acceptors (Lipinski definition) is 9. The molecule has 28 heavy (non-hydrogen) atoms. The zero-order chi connectivity index (χ0) is 20.1. The van der Waals surface area contributed by atoms with Crippen molar-refractivity contribution in [2.24, 2.45) is 5.73 Å². The lowest BCUT2D eigenvalue weighted by molar-refractivity contribution is 0.0997. The van der Waals surface area contributed by atoms with Gasteiger partial charge in [0.1, 0.15) is 17.1 Å². The van der Waals surface area contributed by atoms with E-state index in [9.17, 15) is 9.59 Å². The molecule has 0 radical (unpaired) electrons. The summed E-state index contributed by atoms with van der Waals surface area (Å²) in [6.45, 7) is 2.85. The van der Waals surface area contributed by atoms with Crippen molar-refractivity contribution in [3.8, 4) is 11.5 Å². The van der Waals surface area contributed by atoms with Gasteiger partial charge >= 0.3 is 0 Å². The second kappa shape index (κ2) is 8.59. The van der Waals surface area contributed by atoms with E-state index in [0.29, 0.717) is 29.5 Å². The van der Waals surface area contributed by atoms with Crippen molar-refractivity contribution in [2.45, 2.75) is 6.92 Å². The minimum absolute atomic E-state index is 0.0143. The van der Waals surface area contributed by atoms with E-state index in [1.165, 1.54) is 6.26 Å². The Kier molecular flexibility index (Phi) is 5.96. The lowest BCUT2D eigenvalue weighted by Gasteiger charge is -2.05. The van der Waals surface area contributed by atoms with Crippen LogP contribution in [0.2, 0.25) is 0 Å². The SMILES string of the molecule is COCCNc1cc(-c2nc(C(=O)Nc3sc(C)nc3C(N)=O)co2)ccn1. The summed E-state index contributed by atoms with van der Waals surface area (Å²) in [7, 11) is 1.62. The van der Waals surface area contributed by atoms with Gasteiger partial charge in [-0.1, -0.05) is 0 Å². The van der Waals surface area contributed by atoms with Crippen LogP contribution < -0.4 is 16.4 Å². The number of amides is 2. The Morgan fingerprint density at radius 1 is 1.36 bits per heavy atom. The highest BCUT2D eigenvalue weighted by molar-refractivity contribution is 7.16. The average molecular weight is 402 g/mol. The fraction of sp³-hybridized carbons (Fsp3) is 0.235. The quantitative estimate of drug-likeness (QED) is 0.484. The predicted molar refractivity (Wildman–Crippen MR) is 103 cm³/mol. The molecule has 146 valence electrons. The number of nitrogens with one attached hydrogen (secondary N) is 2. The number of aromatic nitrogens is 3. The zero-order valence-electron chi connectivity index (χ0n) is 15.2. The molecule has 0 aliphatic heterocycles. The highest BCUT2D eigenvalue weighted by atomic mass is 32.1. The van der Waals surface area contributed by atoms with E-state index in [0.717, 1.165) is 11.3 Å². The van der Waals surface area contributed by atoms with Gasteiger partial charge < -0.3 is 25.5 Å². The number of thiazole rings is 1. The normalized spacial score (nSPS) is 10.6. The fourth-order valence-corrected chi connectivity index (χ4v) is 3.12. The third-order valence-electron chi connectivity index (χ3n) is 3.55. The Balaban J connectivity index is 1.74. The molecule has 4 N–H and O–H groups in total. The van der Waals surface area contributed by atoms with Crippen molar-refractivity contribution < 1.29 is 18.7 Å². The van der Waals surface area contributed by atoms with Gasteiger partial charge in [0.25, 0.3) is 11.8 Å². The van der Waals surface area contributed by atoms with Crippen LogP contribution in [0.25, 0.3) is 11.5 Å². The number of primary amides is 1. The Morgan fingerprint density at radius 3 is 2.93 bits per heavy atom. The molecule has 0 unspecified atom stereocenters. The monoisotopic (exact) mass is 402 g/mol. The van der Waals surface area contributed by atoms with Crippen LogP contribution in [0.15, 0.2) is 29.0 Å². The molecule has 10 nitrogen and oxygen atoms in total. The Bertz CT molecular complexity index is 999. The molecule has 0 saturated carbocycles. The molecule has 0 saturated heterocycles. The number of pyridine rings is 1. The van der Waals surface area contributed by atoms with Crippen molar-refractivity contribution >= 4 is 34.0 Å². The molecule has 0 bridgehead atoms. The van der Waals surface area contributed by atoms with Gasteiger partial charge in [0.05, 0.1) is 11.6 Å². The standard InChI is InChI=1S/C17H18N6O4S/c1-9-21-13(14(18)24)17(28-9)23-15(25)11-8-27-16(22-11)10-3-4-19-12(7-10)20-5-6-26-2/h3-4,7-8H,5-6H2,1-2H3,(H2,18,24)(H,19,20)(H,23,25). The molecular weight excluding hydrogens is 384 g/mol. The second-order valence-electron chi connectivity index (χ2n) is 5.62. The van der Waals surface area contributed by atoms with Crippen molar-refractivity contribution in [1.29, 1.82) is 0 Å². The van der Waals surface area contributed by atoms with E-state index in [1.54, 1.807) is 32.4 Å². The van der Waals surface area contributed by atoms with Crippen molar-refractivity contribution in [2.75, 3.05) is 30.9 Å². The van der Waals surface area contributed by atoms with E-state index < -0.39 is 11.8 Å². The highest BCUT2D eigenvalue weighted by Crippen LogP contribution is 2.25. The van der Waals surface area contributed by atoms with Gasteiger partial charge in [-0.25, -0.2) is 15.0 Å². The van der Waals surface area contributed by atoms with Gasteiger partial charge in [-0.05, 0) is 19.1 Å². The first kappa shape index (κ1) is 19.5. The van der Waals surface area contributed by atoms with Gasteiger partial charge in [0.15, 0.2) is 11.4 Å². The summed E-state index contributed by atoms with van der Waals surface area (Å²) in [5.74, 6) is -0.359. The molecule has 11 heteroatoms. The van der Waals surface area contributed by atoms with Gasteiger partial charge in [-0.15, -0.1) is 11.3 Å². The molecule has 0 aromatic carbocycles. The number of carbonyl (C=O) groups is 2. The maximum absolute atomic E-state index is 12.4. The summed E-state index contributed by atoms with van der Waals surface area (Å²) >= 11 is 1.15. The van der Waals surface area contributed by atoms with Crippen LogP contribution >= 0.6 is 11.3 Å². The first-order valence-electron chi connectivity index (χ1n) is 8.21. The topological polar surface area (TPSA) is 145 Å². The minimum atomic E-state index is -0.717. The summed E-state index contributed by atoms with van der Waals surface area (Å²) in [6, 6.07) is 3.47. The number of ether oxygens (including phenoxy) is 1. The van der Waals surface area contributed by atoms with Gasteiger partial charge in [0.2, 0.25) is 5.89 Å². The van der Waals surface area contributed by atoms with Crippen molar-refractivity contribution in [3.63, 3.8) is 0 Å². The van der Waals surface area contributed by atoms with Gasteiger partial charge in [0, 0.05) is 25.4 Å². The molecule has 0 aliphatic carbocycles. The number of oxazole rings is 1. The van der Waals surface area contributed by atoms with E-state index in [2.05, 4.69) is 25.6 Å². The van der Waals surface area contributed by atoms with Crippen LogP contribution in [0.1, 0.15) is 26.0 Å². The molecule has 2 amide bonds. The number of aryl methyl sites for hydroxylation is 1. The summed E-state index contributed by atoms with van der Waals surface area (Å²) in [5.41, 5.74) is 6.01. The first-order chi connectivity index (χ1) is 13.5. The Hall–Kier alpha value is -3.31. The number of hydrogen-bond donors (Lipinski definition) is 3. The number of rotatable bonds is 8. The molecular formula is C17H18N6O4S. The van der Waals surface area contributed by atoms with Crippen LogP contribution in [0.4, 0.5) is 10.8 Å². The summed E-state index contributed by atoms with van der Waals surface area (Å²) in [4.78, 5) is 36.3. The van der Waals surface area contributed by atoms with Crippen LogP contribution in [0, 0.1) is 6.92 Å². The van der Waals surface area contributed by atoms with E-state index >= 15 is 0 Å². The lowest BCUT2D eigenvalue weighted by atomic mass is 10.2. The lowest BCUT2D eigenvalue weighted by Crippen LogP contribution is -2.17. The van der Waals surface area contributed by atoms with E-state index in [4.69, 9.17) is 14.9 Å². The number of methoxy groups -OCH3 is 1. The predicted octanol–water partition coefficient (Wildman–Crippen LogP) is 1.91. The Morgan fingerprint density at radius 2 is 2.18 bits per heavy atom. The molecule has 3 aromatic heterocycles. The molecule has 0 spiro atoms. The van der Waals surface area contributed by atoms with Gasteiger partial charge in [-0.2, -0.15) is 0 Å². The molecule has 3 aromatic rings. The molecule has 0 fully saturated rings. The summed E-state index contributed by atoms with van der Waals surface area (Å²) in [6.07, 6.45) is 2.84. The Labute approximate surface area is 164 Å². The van der Waals surface area contributed by atoms with Crippen LogP contribution in [0.3, 0.4) is 0 Å². The van der Waals surface area contributed by atoms with Crippen molar-refractivity contribution in [3.05, 3.63) is 41.0 Å². The number of nitrogens with zero attached hydrogens (tertiary/aromatic N) is 3. The van der Waals surface area contributed by atoms with Crippen molar-refractivity contribution in [1.82, 2.24) is 15.0 Å². The summed E-state index contributed by atoms with van der Waals surface area (Å²) < 4.78 is 10.4. The molecule has 3 rings (SSSR count). The van der Waals surface area contributed by atoms with Crippen LogP contribution in [0.5, 0.6) is 0 Å². The fourth-order valence-electron chi connectivity index (χ4n) is 2.30. The largest absolute Gasteiger partial charge is 0.444 e. The number of nitrogens with two attached hydrogens (primary N) is 1. The average Bonchev–Trinajstić information content (AvgIpc) is 3.29. The second-order valence-corrected chi connectivity index (χ2v) is 6.82. The number of anilines is 2. The number of carbonyl (C=O) groups excluding carboxylic acids is 2. The molecule has 3 heterocycles. The zero-order valence-corrected chi connectivity index (χ0v) is 16.0. The highest BCUT2D eigenvalue weighted by Gasteiger charge is 2.20. The van der Waals surface area contributed by atoms with Gasteiger partial charge in [-0.3, -0.25) is 9.59 Å². The van der Waals surface area contributed by atoms with E-state index in [-0.39, 0.29) is 22.3 Å². The van der Waals surface area contributed by atoms with Crippen LogP contribution in [-0.2, 0) is 4.74 Å². The third kappa shape index (κ3) is 4.50. The smallest absolute Gasteiger partial charge is 0.278 e. The first-order valence-corrected chi connectivity index (χ1v) is 9.03. The maximum Gasteiger partial charge on any atom is 0.278 e. The van der Waals surface area contributed by atoms with Crippen LogP contribution in [-0.4, -0.2) is 47.0 Å². The third-order valence-corrected chi connectivity index (χ3v) is 4.44. The maximum atomic E-state index is 12.4. The molecule has 0 atom stereocenters. The molecule has 0 aliphatic rings. The summed E-state index contributed by atoms with van der Waals surface area (Å²) in [5, 5.41) is 6.58. The minimum Gasteiger partial charge on any atom is -0.444 e. The van der Waals surface area contributed by atoms with E-state index in [1.807, 2.05) is 0 Å².